The second-order valence-electron chi connectivity index (χ2n) is 6.36. The van der Waals surface area contributed by atoms with Crippen molar-refractivity contribution in [1.82, 2.24) is 0 Å². The normalized spacial score (nSPS) is 23.2. The van der Waals surface area contributed by atoms with Crippen molar-refractivity contribution in [1.29, 1.82) is 0 Å². The Kier molecular flexibility index (Phi) is 3.91. The maximum absolute atomic E-state index is 11.6. The van der Waals surface area contributed by atoms with Crippen LogP contribution in [0.25, 0.3) is 0 Å². The molecule has 0 bridgehead atoms. The first-order valence-corrected chi connectivity index (χ1v) is 7.89. The van der Waals surface area contributed by atoms with E-state index in [4.69, 9.17) is 5.73 Å². The van der Waals surface area contributed by atoms with E-state index < -0.39 is 15.3 Å². The fraction of sp³-hybridized carbons (Fsp3) is 0.917. The van der Waals surface area contributed by atoms with Gasteiger partial charge < -0.3 is 5.73 Å². The number of sulfone groups is 1. The highest BCUT2D eigenvalue weighted by atomic mass is 32.2. The lowest BCUT2D eigenvalue weighted by atomic mass is 9.73. The highest BCUT2D eigenvalue weighted by Crippen LogP contribution is 2.39. The SMILES string of the molecule is CC(C)(C)CCC1(C(N)=O)CCS(=O)(=O)CC1. The van der Waals surface area contributed by atoms with E-state index in [0.29, 0.717) is 19.3 Å². The van der Waals surface area contributed by atoms with Crippen molar-refractivity contribution in [2.75, 3.05) is 11.5 Å². The first kappa shape index (κ1) is 14.5. The highest BCUT2D eigenvalue weighted by molar-refractivity contribution is 7.91. The Balaban J connectivity index is 2.76. The molecular formula is C12H23NO3S. The number of amides is 1. The van der Waals surface area contributed by atoms with Crippen LogP contribution in [0.2, 0.25) is 0 Å². The van der Waals surface area contributed by atoms with Crippen molar-refractivity contribution >= 4 is 15.7 Å². The zero-order valence-corrected chi connectivity index (χ0v) is 11.8. The van der Waals surface area contributed by atoms with Crippen LogP contribution in [0, 0.1) is 10.8 Å². The predicted molar refractivity (Wildman–Crippen MR) is 68.2 cm³/mol. The van der Waals surface area contributed by atoms with Crippen molar-refractivity contribution in [3.63, 3.8) is 0 Å². The fourth-order valence-corrected chi connectivity index (χ4v) is 3.77. The van der Waals surface area contributed by atoms with E-state index in [-0.39, 0.29) is 22.8 Å². The van der Waals surface area contributed by atoms with Crippen LogP contribution in [0.4, 0.5) is 0 Å². The predicted octanol–water partition coefficient (Wildman–Crippen LogP) is 1.49. The summed E-state index contributed by atoms with van der Waals surface area (Å²) in [5.41, 5.74) is 5.03. The third-order valence-electron chi connectivity index (χ3n) is 3.66. The van der Waals surface area contributed by atoms with Crippen LogP contribution in [-0.2, 0) is 14.6 Å². The molecule has 0 aliphatic carbocycles. The van der Waals surface area contributed by atoms with Gasteiger partial charge in [0, 0.05) is 0 Å². The average Bonchev–Trinajstić information content (AvgIpc) is 2.15. The maximum Gasteiger partial charge on any atom is 0.223 e. The zero-order chi connectivity index (χ0) is 13.3. The molecule has 100 valence electrons. The van der Waals surface area contributed by atoms with Gasteiger partial charge in [0.05, 0.1) is 16.9 Å². The van der Waals surface area contributed by atoms with E-state index in [1.54, 1.807) is 0 Å². The zero-order valence-electron chi connectivity index (χ0n) is 11.0. The van der Waals surface area contributed by atoms with Crippen molar-refractivity contribution in [2.24, 2.45) is 16.6 Å². The lowest BCUT2D eigenvalue weighted by molar-refractivity contribution is -0.129. The quantitative estimate of drug-likeness (QED) is 0.836. The number of carbonyl (C=O) groups excluding carboxylic acids is 1. The molecule has 1 amide bonds. The minimum Gasteiger partial charge on any atom is -0.369 e. The number of carbonyl (C=O) groups is 1. The van der Waals surface area contributed by atoms with E-state index in [9.17, 15) is 13.2 Å². The molecule has 1 rings (SSSR count). The van der Waals surface area contributed by atoms with Gasteiger partial charge in [0.1, 0.15) is 9.84 Å². The minimum atomic E-state index is -2.95. The van der Waals surface area contributed by atoms with Crippen LogP contribution in [0.15, 0.2) is 0 Å². The van der Waals surface area contributed by atoms with Gasteiger partial charge in [-0.25, -0.2) is 8.42 Å². The van der Waals surface area contributed by atoms with Gasteiger partial charge in [0.2, 0.25) is 5.91 Å². The fourth-order valence-electron chi connectivity index (χ4n) is 2.16. The summed E-state index contributed by atoms with van der Waals surface area (Å²) in [5.74, 6) is -0.142. The Morgan fingerprint density at radius 1 is 1.24 bits per heavy atom. The third kappa shape index (κ3) is 3.98. The van der Waals surface area contributed by atoms with Crippen molar-refractivity contribution in [2.45, 2.75) is 46.5 Å². The summed E-state index contributed by atoms with van der Waals surface area (Å²) < 4.78 is 22.8. The van der Waals surface area contributed by atoms with E-state index in [0.717, 1.165) is 6.42 Å². The van der Waals surface area contributed by atoms with E-state index in [1.807, 2.05) is 0 Å². The van der Waals surface area contributed by atoms with Crippen LogP contribution >= 0.6 is 0 Å². The van der Waals surface area contributed by atoms with Crippen molar-refractivity contribution in [3.05, 3.63) is 0 Å². The molecule has 1 aliphatic rings. The monoisotopic (exact) mass is 261 g/mol. The largest absolute Gasteiger partial charge is 0.369 e. The minimum absolute atomic E-state index is 0.0973. The summed E-state index contributed by atoms with van der Waals surface area (Å²) >= 11 is 0. The van der Waals surface area contributed by atoms with Gasteiger partial charge in [-0.05, 0) is 31.1 Å². The Labute approximate surface area is 104 Å². The molecule has 0 aromatic heterocycles. The van der Waals surface area contributed by atoms with Crippen LogP contribution < -0.4 is 5.73 Å². The lowest BCUT2D eigenvalue weighted by Gasteiger charge is -2.36. The molecule has 1 heterocycles. The summed E-state index contributed by atoms with van der Waals surface area (Å²) in [4.78, 5) is 11.6. The van der Waals surface area contributed by atoms with Crippen LogP contribution in [-0.4, -0.2) is 25.8 Å². The molecule has 17 heavy (non-hydrogen) atoms. The molecule has 0 spiro atoms. The van der Waals surface area contributed by atoms with E-state index >= 15 is 0 Å². The number of primary amides is 1. The molecule has 0 aromatic rings. The van der Waals surface area contributed by atoms with Gasteiger partial charge >= 0.3 is 0 Å². The number of hydrogen-bond donors (Lipinski definition) is 1. The standard InChI is InChI=1S/C12H23NO3S/c1-11(2,3)4-5-12(10(13)14)6-8-17(15,16)9-7-12/h4-9H2,1-3H3,(H2,13,14). The Bertz CT molecular complexity index is 378. The molecule has 1 aliphatic heterocycles. The number of rotatable bonds is 3. The first-order chi connectivity index (χ1) is 7.56. The van der Waals surface area contributed by atoms with Crippen molar-refractivity contribution < 1.29 is 13.2 Å². The first-order valence-electron chi connectivity index (χ1n) is 6.07. The van der Waals surface area contributed by atoms with Crippen LogP contribution in [0.5, 0.6) is 0 Å². The Hall–Kier alpha value is -0.580. The molecular weight excluding hydrogens is 238 g/mol. The second kappa shape index (κ2) is 4.59. The lowest BCUT2D eigenvalue weighted by Crippen LogP contribution is -2.44. The molecule has 0 saturated carbocycles. The molecule has 0 unspecified atom stereocenters. The maximum atomic E-state index is 11.6. The second-order valence-corrected chi connectivity index (χ2v) is 8.66. The summed E-state index contributed by atoms with van der Waals surface area (Å²) in [7, 11) is -2.95. The van der Waals surface area contributed by atoms with Gasteiger partial charge in [-0.15, -0.1) is 0 Å². The number of nitrogens with two attached hydrogens (primary N) is 1. The van der Waals surface area contributed by atoms with Gasteiger partial charge in [-0.2, -0.15) is 0 Å². The Morgan fingerprint density at radius 3 is 2.06 bits per heavy atom. The molecule has 2 N–H and O–H groups in total. The molecule has 1 fully saturated rings. The van der Waals surface area contributed by atoms with Gasteiger partial charge in [-0.3, -0.25) is 4.79 Å². The molecule has 0 aromatic carbocycles. The number of hydrogen-bond acceptors (Lipinski definition) is 3. The summed E-state index contributed by atoms with van der Waals surface area (Å²) in [6.45, 7) is 6.34. The molecule has 1 saturated heterocycles. The highest BCUT2D eigenvalue weighted by Gasteiger charge is 2.42. The molecule has 4 nitrogen and oxygen atoms in total. The molecule has 0 atom stereocenters. The smallest absolute Gasteiger partial charge is 0.223 e. The molecule has 5 heteroatoms. The Morgan fingerprint density at radius 2 is 1.71 bits per heavy atom. The van der Waals surface area contributed by atoms with Crippen molar-refractivity contribution in [3.8, 4) is 0 Å². The van der Waals surface area contributed by atoms with Gasteiger partial charge in [0.25, 0.3) is 0 Å². The summed E-state index contributed by atoms with van der Waals surface area (Å²) in [6, 6.07) is 0. The van der Waals surface area contributed by atoms with E-state index in [1.165, 1.54) is 0 Å². The van der Waals surface area contributed by atoms with Gasteiger partial charge in [0.15, 0.2) is 0 Å². The van der Waals surface area contributed by atoms with E-state index in [2.05, 4.69) is 20.8 Å². The van der Waals surface area contributed by atoms with Crippen LogP contribution in [0.3, 0.4) is 0 Å². The summed E-state index contributed by atoms with van der Waals surface area (Å²) in [6.07, 6.45) is 2.36. The average molecular weight is 261 g/mol. The topological polar surface area (TPSA) is 77.2 Å². The van der Waals surface area contributed by atoms with Gasteiger partial charge in [-0.1, -0.05) is 20.8 Å². The van der Waals surface area contributed by atoms with Crippen LogP contribution in [0.1, 0.15) is 46.5 Å². The summed E-state index contributed by atoms with van der Waals surface area (Å²) in [5, 5.41) is 0. The molecule has 0 radical (unpaired) electrons. The third-order valence-corrected chi connectivity index (χ3v) is 5.31.